The molecule has 0 aromatic heterocycles. The van der Waals surface area contributed by atoms with Crippen LogP contribution in [0.15, 0.2) is 35.7 Å². The molecule has 3 rings (SSSR count). The number of nitrogens with zero attached hydrogens (tertiary/aromatic N) is 3. The second-order valence-corrected chi connectivity index (χ2v) is 9.96. The van der Waals surface area contributed by atoms with Crippen LogP contribution in [0.4, 0.5) is 4.79 Å². The predicted molar refractivity (Wildman–Crippen MR) is 134 cm³/mol. The Bertz CT molecular complexity index is 1060. The number of fused-ring (bicyclic) bond motifs is 1. The summed E-state index contributed by atoms with van der Waals surface area (Å²) in [5.41, 5.74) is 0.110. The number of benzene rings is 1. The minimum atomic E-state index is -0.587. The molecule has 1 aromatic rings. The number of Topliss-reactive ketones (excluding diaryl/α,β-unsaturated/α-hetero) is 2. The second kappa shape index (κ2) is 11.2. The fourth-order valence-corrected chi connectivity index (χ4v) is 4.38. The molecule has 1 N–H and O–H groups in total. The summed E-state index contributed by atoms with van der Waals surface area (Å²) >= 11 is 0. The van der Waals surface area contributed by atoms with Gasteiger partial charge in [-0.3, -0.25) is 19.3 Å². The average molecular weight is 501 g/mol. The molecule has 1 aliphatic heterocycles. The van der Waals surface area contributed by atoms with E-state index >= 15 is 0 Å². The lowest BCUT2D eigenvalue weighted by molar-refractivity contribution is -0.132. The van der Waals surface area contributed by atoms with Crippen LogP contribution in [-0.2, 0) is 14.3 Å². The largest absolute Gasteiger partial charge is 0.444 e. The number of hydrogen-bond acceptors (Lipinski definition) is 8. The van der Waals surface area contributed by atoms with Crippen molar-refractivity contribution in [2.75, 3.05) is 53.5 Å². The third-order valence-corrected chi connectivity index (χ3v) is 6.19. The van der Waals surface area contributed by atoms with E-state index in [0.29, 0.717) is 25.2 Å². The van der Waals surface area contributed by atoms with E-state index in [1.165, 1.54) is 12.0 Å². The van der Waals surface area contributed by atoms with E-state index in [0.717, 1.165) is 0 Å². The number of nitrogens with one attached hydrogen (secondary N) is 1. The fraction of sp³-hybridized carbons (Fsp3) is 0.538. The lowest BCUT2D eigenvalue weighted by Crippen LogP contribution is -2.57. The maximum Gasteiger partial charge on any atom is 0.410 e. The number of ketones is 2. The van der Waals surface area contributed by atoms with Crippen molar-refractivity contribution >= 4 is 23.6 Å². The van der Waals surface area contributed by atoms with Gasteiger partial charge in [-0.15, -0.1) is 0 Å². The minimum Gasteiger partial charge on any atom is -0.444 e. The Labute approximate surface area is 212 Å². The van der Waals surface area contributed by atoms with Gasteiger partial charge in [0, 0.05) is 57.5 Å². The first-order valence-electron chi connectivity index (χ1n) is 12.1. The van der Waals surface area contributed by atoms with Crippen molar-refractivity contribution in [1.82, 2.24) is 20.0 Å². The summed E-state index contributed by atoms with van der Waals surface area (Å²) in [5, 5.41) is 2.84. The van der Waals surface area contributed by atoms with Gasteiger partial charge in [0.15, 0.2) is 0 Å². The summed E-state index contributed by atoms with van der Waals surface area (Å²) in [6.07, 6.45) is -0.379. The Balaban J connectivity index is 1.81. The smallest absolute Gasteiger partial charge is 0.410 e. The fourth-order valence-electron chi connectivity index (χ4n) is 4.38. The molecule has 2 aliphatic rings. The number of amides is 2. The summed E-state index contributed by atoms with van der Waals surface area (Å²) < 4.78 is 10.7. The first-order chi connectivity index (χ1) is 17.0. The molecule has 1 aliphatic carbocycles. The molecule has 0 spiro atoms. The molecule has 2 amide bonds. The minimum absolute atomic E-state index is 0.0245. The highest BCUT2D eigenvalue weighted by Gasteiger charge is 2.38. The predicted octanol–water partition coefficient (Wildman–Crippen LogP) is 1.91. The number of allylic oxidation sites excluding steroid dienone is 2. The Morgan fingerprint density at radius 2 is 1.75 bits per heavy atom. The third kappa shape index (κ3) is 5.93. The topological polar surface area (TPSA) is 108 Å². The second-order valence-electron chi connectivity index (χ2n) is 9.96. The number of methoxy groups -OCH3 is 1. The van der Waals surface area contributed by atoms with Gasteiger partial charge in [0.2, 0.25) is 17.5 Å². The van der Waals surface area contributed by atoms with Gasteiger partial charge >= 0.3 is 6.09 Å². The molecular formula is C26H36N4O6. The van der Waals surface area contributed by atoms with Gasteiger partial charge in [-0.2, -0.15) is 0 Å². The molecule has 0 radical (unpaired) electrons. The lowest BCUT2D eigenvalue weighted by atomic mass is 9.89. The van der Waals surface area contributed by atoms with Crippen LogP contribution in [0.5, 0.6) is 0 Å². The zero-order valence-electron chi connectivity index (χ0n) is 21.9. The summed E-state index contributed by atoms with van der Waals surface area (Å²) in [4.78, 5) is 57.6. The van der Waals surface area contributed by atoms with E-state index in [9.17, 15) is 19.2 Å². The molecule has 36 heavy (non-hydrogen) atoms. The average Bonchev–Trinajstić information content (AvgIpc) is 2.82. The van der Waals surface area contributed by atoms with Crippen molar-refractivity contribution in [3.63, 3.8) is 0 Å². The number of carbonyl (C=O) groups excluding carboxylic acids is 4. The summed E-state index contributed by atoms with van der Waals surface area (Å²) in [6, 6.07) is 6.49. The first-order valence-corrected chi connectivity index (χ1v) is 12.1. The molecule has 10 nitrogen and oxygen atoms in total. The molecule has 0 bridgehead atoms. The molecule has 10 heteroatoms. The normalized spacial score (nSPS) is 18.7. The number of rotatable bonds is 7. The molecule has 196 valence electrons. The van der Waals surface area contributed by atoms with Crippen LogP contribution in [0.3, 0.4) is 0 Å². The molecule has 1 heterocycles. The van der Waals surface area contributed by atoms with E-state index in [2.05, 4.69) is 5.32 Å². The molecule has 1 aromatic carbocycles. The molecule has 1 fully saturated rings. The van der Waals surface area contributed by atoms with Gasteiger partial charge in [0.1, 0.15) is 17.0 Å². The lowest BCUT2D eigenvalue weighted by Gasteiger charge is -2.40. The summed E-state index contributed by atoms with van der Waals surface area (Å²) in [5.74, 6) is -1.05. The number of carbonyl (C=O) groups is 4. The highest BCUT2D eigenvalue weighted by Crippen LogP contribution is 2.27. The van der Waals surface area contributed by atoms with E-state index in [1.807, 2.05) is 32.6 Å². The van der Waals surface area contributed by atoms with Crippen LogP contribution in [-0.4, -0.2) is 103 Å². The first kappa shape index (κ1) is 27.3. The number of likely N-dealkylation sites (N-methyl/N-ethyl adjacent to an activating group) is 1. The van der Waals surface area contributed by atoms with Crippen molar-refractivity contribution in [2.24, 2.45) is 0 Å². The van der Waals surface area contributed by atoms with Crippen LogP contribution in [0.25, 0.3) is 0 Å². The zero-order valence-corrected chi connectivity index (χ0v) is 21.9. The van der Waals surface area contributed by atoms with Gasteiger partial charge in [-0.25, -0.2) is 4.79 Å². The monoisotopic (exact) mass is 500 g/mol. The van der Waals surface area contributed by atoms with Crippen molar-refractivity contribution in [2.45, 2.75) is 39.3 Å². The maximum atomic E-state index is 13.6. The highest BCUT2D eigenvalue weighted by atomic mass is 16.6. The SMILES string of the molecule is CNC1=C(N(CCOC)C(=O)CN2CCN(C(=O)OC(C)(C)C)CC2C)C(=O)c2ccccc2C1=O. The molecule has 1 unspecified atom stereocenters. The van der Waals surface area contributed by atoms with Crippen molar-refractivity contribution in [1.29, 1.82) is 0 Å². The molecular weight excluding hydrogens is 464 g/mol. The van der Waals surface area contributed by atoms with Gasteiger partial charge in [-0.05, 0) is 27.7 Å². The van der Waals surface area contributed by atoms with Gasteiger partial charge in [0.25, 0.3) is 0 Å². The van der Waals surface area contributed by atoms with E-state index < -0.39 is 5.60 Å². The van der Waals surface area contributed by atoms with Gasteiger partial charge in [-0.1, -0.05) is 24.3 Å². The number of ether oxygens (including phenoxy) is 2. The Morgan fingerprint density at radius 3 is 2.31 bits per heavy atom. The third-order valence-electron chi connectivity index (χ3n) is 6.19. The Kier molecular flexibility index (Phi) is 8.52. The Hall–Kier alpha value is -3.24. The number of hydrogen-bond donors (Lipinski definition) is 1. The zero-order chi connectivity index (χ0) is 26.6. The van der Waals surface area contributed by atoms with Crippen molar-refractivity contribution < 1.29 is 28.7 Å². The molecule has 0 saturated carbocycles. The standard InChI is InChI=1S/C26H36N4O6/c1-17-15-29(25(34)36-26(2,3)4)12-11-28(17)16-20(31)30(13-14-35-6)22-21(27-5)23(32)18-9-7-8-10-19(18)24(22)33/h7-10,17,27H,11-16H2,1-6H3. The van der Waals surface area contributed by atoms with Crippen LogP contribution < -0.4 is 5.32 Å². The van der Waals surface area contributed by atoms with Crippen molar-refractivity contribution in [3.05, 3.63) is 46.8 Å². The summed E-state index contributed by atoms with van der Waals surface area (Å²) in [7, 11) is 3.07. The van der Waals surface area contributed by atoms with E-state index in [1.54, 1.807) is 36.2 Å². The summed E-state index contributed by atoms with van der Waals surface area (Å²) in [6.45, 7) is 9.03. The molecule has 1 saturated heterocycles. The van der Waals surface area contributed by atoms with Crippen LogP contribution in [0.1, 0.15) is 48.4 Å². The van der Waals surface area contributed by atoms with Crippen LogP contribution in [0.2, 0.25) is 0 Å². The Morgan fingerprint density at radius 1 is 1.11 bits per heavy atom. The van der Waals surface area contributed by atoms with Crippen molar-refractivity contribution in [3.8, 4) is 0 Å². The van der Waals surface area contributed by atoms with E-state index in [-0.39, 0.29) is 66.3 Å². The highest BCUT2D eigenvalue weighted by molar-refractivity contribution is 6.27. The van der Waals surface area contributed by atoms with Crippen LogP contribution >= 0.6 is 0 Å². The number of piperazine rings is 1. The maximum absolute atomic E-state index is 13.6. The van der Waals surface area contributed by atoms with E-state index in [4.69, 9.17) is 9.47 Å². The van der Waals surface area contributed by atoms with Gasteiger partial charge in [0.05, 0.1) is 13.2 Å². The van der Waals surface area contributed by atoms with Gasteiger partial charge < -0.3 is 24.6 Å². The quantitative estimate of drug-likeness (QED) is 0.605. The molecule has 1 atom stereocenters. The van der Waals surface area contributed by atoms with Crippen LogP contribution in [0, 0.1) is 0 Å².